The lowest BCUT2D eigenvalue weighted by Crippen LogP contribution is -2.27. The fraction of sp³-hybridized carbons (Fsp3) is 0.545. The minimum Gasteiger partial charge on any atom is -0.481 e. The molecule has 0 aliphatic carbocycles. The lowest BCUT2D eigenvalue weighted by atomic mass is 10.2. The second-order valence-electron chi connectivity index (χ2n) is 3.79. The molecule has 0 atom stereocenters. The molecule has 1 aromatic rings. The summed E-state index contributed by atoms with van der Waals surface area (Å²) in [6.45, 7) is 3.86. The van der Waals surface area contributed by atoms with Crippen molar-refractivity contribution in [3.8, 4) is 0 Å². The third-order valence-electron chi connectivity index (χ3n) is 2.32. The minimum atomic E-state index is -0.918. The number of carboxylic acid groups (broad SMARTS) is 1. The van der Waals surface area contributed by atoms with E-state index < -0.39 is 5.97 Å². The van der Waals surface area contributed by atoms with E-state index in [9.17, 15) is 9.59 Å². The molecule has 0 aliphatic heterocycles. The predicted molar refractivity (Wildman–Crippen MR) is 67.4 cm³/mol. The standard InChI is InChI=1S/C11H16N2O4S/c1-7-9(8(2)17-13-7)5-18-6-10(14)12-4-3-11(15)16/h3-6H2,1-2H3,(H,12,14)(H,15,16). The highest BCUT2D eigenvalue weighted by Crippen LogP contribution is 2.19. The van der Waals surface area contributed by atoms with Crippen molar-refractivity contribution in [2.75, 3.05) is 12.3 Å². The molecule has 6 nitrogen and oxygen atoms in total. The van der Waals surface area contributed by atoms with Crippen molar-refractivity contribution in [2.24, 2.45) is 0 Å². The maximum Gasteiger partial charge on any atom is 0.305 e. The summed E-state index contributed by atoms with van der Waals surface area (Å²) >= 11 is 1.45. The van der Waals surface area contributed by atoms with Gasteiger partial charge in [0.25, 0.3) is 0 Å². The fourth-order valence-corrected chi connectivity index (χ4v) is 2.32. The molecule has 0 unspecified atom stereocenters. The summed E-state index contributed by atoms with van der Waals surface area (Å²) in [5, 5.41) is 14.8. The number of carbonyl (C=O) groups excluding carboxylic acids is 1. The molecule has 0 fully saturated rings. The molecule has 1 heterocycles. The molecule has 1 amide bonds. The molecule has 0 spiro atoms. The first-order chi connectivity index (χ1) is 8.50. The van der Waals surface area contributed by atoms with Gasteiger partial charge in [0.15, 0.2) is 0 Å². The number of aryl methyl sites for hydroxylation is 2. The molecule has 0 aromatic carbocycles. The van der Waals surface area contributed by atoms with Gasteiger partial charge in [-0.3, -0.25) is 9.59 Å². The average molecular weight is 272 g/mol. The zero-order valence-electron chi connectivity index (χ0n) is 10.4. The van der Waals surface area contributed by atoms with Gasteiger partial charge in [0.05, 0.1) is 17.9 Å². The highest BCUT2D eigenvalue weighted by atomic mass is 32.2. The van der Waals surface area contributed by atoms with E-state index in [0.717, 1.165) is 17.0 Å². The zero-order valence-corrected chi connectivity index (χ0v) is 11.2. The number of nitrogens with zero attached hydrogens (tertiary/aromatic N) is 1. The summed E-state index contributed by atoms with van der Waals surface area (Å²) in [5.41, 5.74) is 1.85. The van der Waals surface area contributed by atoms with Crippen LogP contribution in [0.1, 0.15) is 23.4 Å². The van der Waals surface area contributed by atoms with Gasteiger partial charge in [0.1, 0.15) is 5.76 Å². The van der Waals surface area contributed by atoms with Gasteiger partial charge in [-0.25, -0.2) is 0 Å². The van der Waals surface area contributed by atoms with Gasteiger partial charge in [0, 0.05) is 17.9 Å². The Bertz CT molecular complexity index is 411. The van der Waals surface area contributed by atoms with Crippen LogP contribution in [0.4, 0.5) is 0 Å². The molecule has 100 valence electrons. The van der Waals surface area contributed by atoms with Crippen LogP contribution in [0.15, 0.2) is 4.52 Å². The quantitative estimate of drug-likeness (QED) is 0.772. The first kappa shape index (κ1) is 14.6. The van der Waals surface area contributed by atoms with Gasteiger partial charge < -0.3 is 14.9 Å². The number of thioether (sulfide) groups is 1. The maximum absolute atomic E-state index is 11.4. The third kappa shape index (κ3) is 4.79. The van der Waals surface area contributed by atoms with E-state index in [0.29, 0.717) is 11.5 Å². The van der Waals surface area contributed by atoms with Gasteiger partial charge in [-0.1, -0.05) is 5.16 Å². The van der Waals surface area contributed by atoms with Crippen molar-refractivity contribution in [1.29, 1.82) is 0 Å². The van der Waals surface area contributed by atoms with Gasteiger partial charge >= 0.3 is 5.97 Å². The Labute approximate surface area is 109 Å². The molecule has 1 rings (SSSR count). The molecule has 0 saturated heterocycles. The van der Waals surface area contributed by atoms with E-state index in [1.54, 1.807) is 0 Å². The number of rotatable bonds is 7. The van der Waals surface area contributed by atoms with Crippen molar-refractivity contribution >= 4 is 23.6 Å². The number of carbonyl (C=O) groups is 2. The van der Waals surface area contributed by atoms with Crippen LogP contribution in [0.25, 0.3) is 0 Å². The van der Waals surface area contributed by atoms with Crippen molar-refractivity contribution in [3.63, 3.8) is 0 Å². The summed E-state index contributed by atoms with van der Waals surface area (Å²) in [6.07, 6.45) is -0.0553. The van der Waals surface area contributed by atoms with Crippen molar-refractivity contribution in [1.82, 2.24) is 10.5 Å². The van der Waals surface area contributed by atoms with E-state index in [-0.39, 0.29) is 18.9 Å². The number of amides is 1. The van der Waals surface area contributed by atoms with Crippen LogP contribution >= 0.6 is 11.8 Å². The predicted octanol–water partition coefficient (Wildman–Crippen LogP) is 1.12. The van der Waals surface area contributed by atoms with Crippen LogP contribution in [0.2, 0.25) is 0 Å². The molecule has 0 aliphatic rings. The van der Waals surface area contributed by atoms with Gasteiger partial charge in [-0.05, 0) is 13.8 Å². The van der Waals surface area contributed by atoms with Crippen LogP contribution in [0, 0.1) is 13.8 Å². The Morgan fingerprint density at radius 1 is 1.44 bits per heavy atom. The first-order valence-corrected chi connectivity index (χ1v) is 6.64. The highest BCUT2D eigenvalue weighted by Gasteiger charge is 2.10. The fourth-order valence-electron chi connectivity index (χ4n) is 1.31. The number of aromatic nitrogens is 1. The van der Waals surface area contributed by atoms with E-state index in [1.807, 2.05) is 13.8 Å². The van der Waals surface area contributed by atoms with Gasteiger partial charge in [-0.2, -0.15) is 0 Å². The number of nitrogens with one attached hydrogen (secondary N) is 1. The summed E-state index contributed by atoms with van der Waals surface area (Å²) in [5.74, 6) is 0.648. The molecule has 2 N–H and O–H groups in total. The number of aliphatic carboxylic acids is 1. The third-order valence-corrected chi connectivity index (χ3v) is 3.28. The second kappa shape index (κ2) is 7.05. The van der Waals surface area contributed by atoms with Crippen molar-refractivity contribution in [2.45, 2.75) is 26.0 Å². The lowest BCUT2D eigenvalue weighted by molar-refractivity contribution is -0.136. The van der Waals surface area contributed by atoms with Gasteiger partial charge in [-0.15, -0.1) is 11.8 Å². The Kier molecular flexibility index (Phi) is 5.70. The second-order valence-corrected chi connectivity index (χ2v) is 4.77. The van der Waals surface area contributed by atoms with Crippen molar-refractivity contribution < 1.29 is 19.2 Å². The van der Waals surface area contributed by atoms with Crippen molar-refractivity contribution in [3.05, 3.63) is 17.0 Å². The van der Waals surface area contributed by atoms with E-state index in [4.69, 9.17) is 9.63 Å². The smallest absolute Gasteiger partial charge is 0.305 e. The number of carboxylic acids is 1. The monoisotopic (exact) mass is 272 g/mol. The van der Waals surface area contributed by atoms with E-state index in [1.165, 1.54) is 11.8 Å². The first-order valence-electron chi connectivity index (χ1n) is 5.48. The highest BCUT2D eigenvalue weighted by molar-refractivity contribution is 7.99. The molecular formula is C11H16N2O4S. The van der Waals surface area contributed by atoms with E-state index >= 15 is 0 Å². The van der Waals surface area contributed by atoms with Gasteiger partial charge in [0.2, 0.25) is 5.91 Å². The maximum atomic E-state index is 11.4. The SMILES string of the molecule is Cc1noc(C)c1CSCC(=O)NCCC(=O)O. The Morgan fingerprint density at radius 2 is 2.17 bits per heavy atom. The Hall–Kier alpha value is -1.50. The normalized spacial score (nSPS) is 10.3. The van der Waals surface area contributed by atoms with E-state index in [2.05, 4.69) is 10.5 Å². The summed E-state index contributed by atoms with van der Waals surface area (Å²) < 4.78 is 5.01. The topological polar surface area (TPSA) is 92.4 Å². The van der Waals surface area contributed by atoms with Crippen LogP contribution in [-0.4, -0.2) is 34.4 Å². The molecule has 18 heavy (non-hydrogen) atoms. The van der Waals surface area contributed by atoms with Crippen LogP contribution in [0.3, 0.4) is 0 Å². The number of hydrogen-bond acceptors (Lipinski definition) is 5. The molecular weight excluding hydrogens is 256 g/mol. The molecule has 0 radical (unpaired) electrons. The summed E-state index contributed by atoms with van der Waals surface area (Å²) in [7, 11) is 0. The van der Waals surface area contributed by atoms with Crippen LogP contribution < -0.4 is 5.32 Å². The Morgan fingerprint density at radius 3 is 2.72 bits per heavy atom. The largest absolute Gasteiger partial charge is 0.481 e. The van der Waals surface area contributed by atoms with Crippen LogP contribution in [0.5, 0.6) is 0 Å². The van der Waals surface area contributed by atoms with Crippen LogP contribution in [-0.2, 0) is 15.3 Å². The molecule has 0 saturated carbocycles. The lowest BCUT2D eigenvalue weighted by Gasteiger charge is -2.03. The average Bonchev–Trinajstić information content (AvgIpc) is 2.60. The summed E-state index contributed by atoms with van der Waals surface area (Å²) in [4.78, 5) is 21.6. The number of hydrogen-bond donors (Lipinski definition) is 2. The zero-order chi connectivity index (χ0) is 13.5. The minimum absolute atomic E-state index is 0.0553. The molecule has 1 aromatic heterocycles. The molecule has 0 bridgehead atoms. The Balaban J connectivity index is 2.21. The summed E-state index contributed by atoms with van der Waals surface area (Å²) in [6, 6.07) is 0. The molecule has 7 heteroatoms.